The molecule has 1 aromatic carbocycles. The predicted molar refractivity (Wildman–Crippen MR) is 89.4 cm³/mol. The summed E-state index contributed by atoms with van der Waals surface area (Å²) in [5, 5.41) is 14.0. The maximum Gasteiger partial charge on any atom is 0.573 e. The van der Waals surface area contributed by atoms with Gasteiger partial charge in [0.05, 0.1) is 33.5 Å². The molecule has 10 heteroatoms. The van der Waals surface area contributed by atoms with Gasteiger partial charge in [-0.1, -0.05) is 0 Å². The van der Waals surface area contributed by atoms with Gasteiger partial charge in [-0.05, 0) is 30.3 Å². The Morgan fingerprint density at radius 2 is 2.00 bits per heavy atom. The molecular formula is C17H11F3N4O3. The van der Waals surface area contributed by atoms with Crippen molar-refractivity contribution < 1.29 is 27.8 Å². The second-order valence-electron chi connectivity index (χ2n) is 5.81. The van der Waals surface area contributed by atoms with E-state index in [9.17, 15) is 23.1 Å². The number of benzene rings is 1. The van der Waals surface area contributed by atoms with Gasteiger partial charge in [0.2, 0.25) is 0 Å². The molecule has 3 aromatic heterocycles. The second-order valence-corrected chi connectivity index (χ2v) is 5.81. The highest BCUT2D eigenvalue weighted by molar-refractivity contribution is 6.03. The first kappa shape index (κ1) is 16.9. The van der Waals surface area contributed by atoms with Crippen LogP contribution in [-0.4, -0.2) is 37.2 Å². The lowest BCUT2D eigenvalue weighted by Gasteiger charge is -2.08. The summed E-state index contributed by atoms with van der Waals surface area (Å²) >= 11 is 0. The maximum absolute atomic E-state index is 12.5. The molecule has 7 nitrogen and oxygen atoms in total. The Kier molecular flexibility index (Phi) is 3.58. The van der Waals surface area contributed by atoms with Gasteiger partial charge in [-0.2, -0.15) is 5.10 Å². The van der Waals surface area contributed by atoms with Crippen molar-refractivity contribution in [3.63, 3.8) is 0 Å². The summed E-state index contributed by atoms with van der Waals surface area (Å²) in [4.78, 5) is 18.5. The van der Waals surface area contributed by atoms with Gasteiger partial charge in [-0.3, -0.25) is 9.67 Å². The van der Waals surface area contributed by atoms with Crippen LogP contribution >= 0.6 is 0 Å². The van der Waals surface area contributed by atoms with Gasteiger partial charge in [-0.25, -0.2) is 4.79 Å². The summed E-state index contributed by atoms with van der Waals surface area (Å²) in [6.07, 6.45) is -3.43. The Labute approximate surface area is 149 Å². The second kappa shape index (κ2) is 5.73. The van der Waals surface area contributed by atoms with Crippen LogP contribution in [0.3, 0.4) is 0 Å². The highest BCUT2D eigenvalue weighted by Gasteiger charge is 2.31. The first-order valence-electron chi connectivity index (χ1n) is 7.67. The average Bonchev–Trinajstić information content (AvgIpc) is 3.12. The molecule has 0 radical (unpaired) electrons. The van der Waals surface area contributed by atoms with Crippen molar-refractivity contribution in [2.24, 2.45) is 7.05 Å². The molecule has 0 saturated heterocycles. The van der Waals surface area contributed by atoms with Crippen molar-refractivity contribution in [1.82, 2.24) is 19.7 Å². The van der Waals surface area contributed by atoms with E-state index in [2.05, 4.69) is 19.8 Å². The molecular weight excluding hydrogens is 365 g/mol. The van der Waals surface area contributed by atoms with Crippen molar-refractivity contribution in [2.75, 3.05) is 0 Å². The average molecular weight is 376 g/mol. The highest BCUT2D eigenvalue weighted by atomic mass is 19.4. The number of halogens is 3. The molecule has 0 atom stereocenters. The fraction of sp³-hybridized carbons (Fsp3) is 0.118. The van der Waals surface area contributed by atoms with Gasteiger partial charge < -0.3 is 14.8 Å². The van der Waals surface area contributed by atoms with Gasteiger partial charge >= 0.3 is 12.3 Å². The molecule has 4 rings (SSSR count). The number of pyridine rings is 1. The number of aromatic amines is 1. The van der Waals surface area contributed by atoms with Crippen LogP contribution in [0.1, 0.15) is 10.4 Å². The van der Waals surface area contributed by atoms with Gasteiger partial charge in [0, 0.05) is 18.6 Å². The lowest BCUT2D eigenvalue weighted by molar-refractivity contribution is -0.274. The Balaban J connectivity index is 1.92. The minimum Gasteiger partial charge on any atom is -0.478 e. The lowest BCUT2D eigenvalue weighted by Crippen LogP contribution is -2.16. The molecule has 0 spiro atoms. The normalized spacial score (nSPS) is 12.0. The first-order valence-corrected chi connectivity index (χ1v) is 7.67. The summed E-state index contributed by atoms with van der Waals surface area (Å²) in [7, 11) is 1.64. The molecule has 4 aromatic rings. The number of carbonyl (C=O) groups is 1. The Bertz CT molecular complexity index is 1190. The van der Waals surface area contributed by atoms with E-state index in [0.29, 0.717) is 33.3 Å². The third kappa shape index (κ3) is 2.94. The van der Waals surface area contributed by atoms with Crippen LogP contribution in [0.2, 0.25) is 0 Å². The third-order valence-electron chi connectivity index (χ3n) is 4.04. The Hall–Kier alpha value is -3.56. The molecule has 0 aliphatic carbocycles. The number of H-pyrrole nitrogens is 1. The fourth-order valence-electron chi connectivity index (χ4n) is 3.03. The van der Waals surface area contributed by atoms with E-state index in [1.807, 2.05) is 0 Å². The van der Waals surface area contributed by atoms with Crippen LogP contribution in [-0.2, 0) is 7.05 Å². The zero-order chi connectivity index (χ0) is 19.3. The lowest BCUT2D eigenvalue weighted by atomic mass is 10.1. The fourth-order valence-corrected chi connectivity index (χ4v) is 3.03. The number of hydrogen-bond donors (Lipinski definition) is 2. The van der Waals surface area contributed by atoms with E-state index in [1.165, 1.54) is 35.1 Å². The van der Waals surface area contributed by atoms with E-state index in [-0.39, 0.29) is 11.3 Å². The molecule has 0 unspecified atom stereocenters. The van der Waals surface area contributed by atoms with Crippen molar-refractivity contribution in [3.8, 4) is 17.1 Å². The molecule has 2 N–H and O–H groups in total. The van der Waals surface area contributed by atoms with Gasteiger partial charge in [0.1, 0.15) is 5.75 Å². The first-order chi connectivity index (χ1) is 12.7. The number of nitrogens with zero attached hydrogens (tertiary/aromatic N) is 3. The number of aromatic nitrogens is 4. The number of alkyl halides is 3. The summed E-state index contributed by atoms with van der Waals surface area (Å²) in [5.41, 5.74) is 2.19. The van der Waals surface area contributed by atoms with Crippen LogP contribution in [0.15, 0.2) is 36.5 Å². The number of ether oxygens (including phenoxy) is 1. The number of hydrogen-bond acceptors (Lipinski definition) is 4. The summed E-state index contributed by atoms with van der Waals surface area (Å²) in [5.74, 6) is -1.49. The smallest absolute Gasteiger partial charge is 0.478 e. The van der Waals surface area contributed by atoms with Crippen molar-refractivity contribution in [3.05, 3.63) is 42.1 Å². The number of carboxylic acids is 1. The largest absolute Gasteiger partial charge is 0.573 e. The van der Waals surface area contributed by atoms with Gasteiger partial charge in [-0.15, -0.1) is 13.2 Å². The molecule has 0 amide bonds. The molecule has 0 fully saturated rings. The van der Waals surface area contributed by atoms with Crippen molar-refractivity contribution in [2.45, 2.75) is 6.36 Å². The molecule has 0 saturated carbocycles. The van der Waals surface area contributed by atoms with E-state index in [0.717, 1.165) is 0 Å². The summed E-state index contributed by atoms with van der Waals surface area (Å²) in [6, 6.07) is 6.82. The predicted octanol–water partition coefficient (Wildman–Crippen LogP) is 3.71. The minimum atomic E-state index is -4.81. The van der Waals surface area contributed by atoms with E-state index >= 15 is 0 Å². The zero-order valence-electron chi connectivity index (χ0n) is 13.7. The van der Waals surface area contributed by atoms with Crippen molar-refractivity contribution >= 4 is 27.9 Å². The molecule has 0 aliphatic heterocycles. The maximum atomic E-state index is 12.5. The van der Waals surface area contributed by atoms with Crippen LogP contribution in [0.5, 0.6) is 5.75 Å². The van der Waals surface area contributed by atoms with E-state index in [4.69, 9.17) is 0 Å². The number of rotatable bonds is 3. The highest BCUT2D eigenvalue weighted by Crippen LogP contribution is 2.34. The van der Waals surface area contributed by atoms with Crippen LogP contribution < -0.4 is 4.74 Å². The standard InChI is InChI=1S/C17H11F3N4O3/c1-24-15(10-6-8(27-17(18,19)20)2-3-11(10)23-24)13-7-12-14(22-13)9(16(25)26)4-5-21-12/h2-7,22H,1H3,(H,25,26). The third-order valence-corrected chi connectivity index (χ3v) is 4.04. The molecule has 138 valence electrons. The van der Waals surface area contributed by atoms with Gasteiger partial charge in [0.15, 0.2) is 0 Å². The van der Waals surface area contributed by atoms with E-state index in [1.54, 1.807) is 13.1 Å². The quantitative estimate of drug-likeness (QED) is 0.569. The molecule has 0 bridgehead atoms. The molecule has 3 heterocycles. The molecule has 0 aliphatic rings. The van der Waals surface area contributed by atoms with Crippen LogP contribution in [0.4, 0.5) is 13.2 Å². The van der Waals surface area contributed by atoms with Crippen LogP contribution in [0.25, 0.3) is 33.3 Å². The Morgan fingerprint density at radius 3 is 2.70 bits per heavy atom. The van der Waals surface area contributed by atoms with E-state index < -0.39 is 12.3 Å². The zero-order valence-corrected chi connectivity index (χ0v) is 13.7. The summed E-state index contributed by atoms with van der Waals surface area (Å²) in [6.45, 7) is 0. The number of aryl methyl sites for hydroxylation is 1. The summed E-state index contributed by atoms with van der Waals surface area (Å²) < 4.78 is 43.0. The SMILES string of the molecule is Cn1nc2ccc(OC(F)(F)F)cc2c1-c1cc2nccc(C(=O)O)c2[nH]1. The molecule has 27 heavy (non-hydrogen) atoms. The number of carboxylic acid groups (broad SMARTS) is 1. The monoisotopic (exact) mass is 376 g/mol. The Morgan fingerprint density at radius 1 is 1.22 bits per heavy atom. The number of nitrogens with one attached hydrogen (secondary N) is 1. The van der Waals surface area contributed by atoms with Gasteiger partial charge in [0.25, 0.3) is 0 Å². The number of aromatic carboxylic acids is 1. The minimum absolute atomic E-state index is 0.0406. The van der Waals surface area contributed by atoms with Crippen LogP contribution in [0, 0.1) is 0 Å². The number of fused-ring (bicyclic) bond motifs is 2. The van der Waals surface area contributed by atoms with Crippen molar-refractivity contribution in [1.29, 1.82) is 0 Å². The topological polar surface area (TPSA) is 93.0 Å².